The summed E-state index contributed by atoms with van der Waals surface area (Å²) in [7, 11) is 3.51. The Bertz CT molecular complexity index is 513. The zero-order valence-electron chi connectivity index (χ0n) is 9.66. The number of nitrogens with zero attached hydrogens (tertiary/aromatic N) is 1. The molecule has 0 atom stereocenters. The highest BCUT2D eigenvalue weighted by molar-refractivity contribution is 7.13. The predicted octanol–water partition coefficient (Wildman–Crippen LogP) is 3.19. The molecule has 0 saturated heterocycles. The molecule has 2 rings (SSSR count). The van der Waals surface area contributed by atoms with E-state index in [2.05, 4.69) is 10.3 Å². The van der Waals surface area contributed by atoms with Gasteiger partial charge in [-0.1, -0.05) is 11.6 Å². The molecule has 0 spiro atoms. The molecule has 17 heavy (non-hydrogen) atoms. The quantitative estimate of drug-likeness (QED) is 0.925. The van der Waals surface area contributed by atoms with Crippen LogP contribution in [0.5, 0.6) is 5.75 Å². The number of methoxy groups -OCH3 is 1. The van der Waals surface area contributed by atoms with Crippen molar-refractivity contribution in [3.05, 3.63) is 34.3 Å². The Morgan fingerprint density at radius 1 is 1.47 bits per heavy atom. The first-order chi connectivity index (χ1) is 8.24. The maximum absolute atomic E-state index is 6.09. The Balaban J connectivity index is 2.29. The zero-order chi connectivity index (χ0) is 12.3. The first-order valence-corrected chi connectivity index (χ1v) is 6.43. The smallest absolute Gasteiger partial charge is 0.137 e. The van der Waals surface area contributed by atoms with E-state index in [1.165, 1.54) is 0 Å². The summed E-state index contributed by atoms with van der Waals surface area (Å²) in [5.74, 6) is 0.683. The lowest BCUT2D eigenvalue weighted by molar-refractivity contribution is 0.415. The summed E-state index contributed by atoms with van der Waals surface area (Å²) >= 11 is 7.70. The summed E-state index contributed by atoms with van der Waals surface area (Å²) in [6, 6.07) is 5.70. The molecule has 0 radical (unpaired) electrons. The van der Waals surface area contributed by atoms with Gasteiger partial charge in [0.15, 0.2) is 0 Å². The number of nitrogens with one attached hydrogen (secondary N) is 1. The predicted molar refractivity (Wildman–Crippen MR) is 71.9 cm³/mol. The highest BCUT2D eigenvalue weighted by Gasteiger charge is 2.07. The van der Waals surface area contributed by atoms with Gasteiger partial charge in [-0.05, 0) is 25.2 Å². The second-order valence-electron chi connectivity index (χ2n) is 3.52. The van der Waals surface area contributed by atoms with Gasteiger partial charge in [0.05, 0.1) is 17.8 Å². The lowest BCUT2D eigenvalue weighted by atomic mass is 10.2. The number of hydrogen-bond acceptors (Lipinski definition) is 4. The molecule has 0 aliphatic heterocycles. The van der Waals surface area contributed by atoms with Gasteiger partial charge in [0, 0.05) is 17.5 Å². The molecule has 0 aliphatic rings. The van der Waals surface area contributed by atoms with Crippen molar-refractivity contribution >= 4 is 22.9 Å². The summed E-state index contributed by atoms with van der Waals surface area (Å²) in [6.07, 6.45) is 0. The molecule has 5 heteroatoms. The fourth-order valence-corrected chi connectivity index (χ4v) is 2.58. The Morgan fingerprint density at radius 3 is 2.94 bits per heavy atom. The Kier molecular flexibility index (Phi) is 3.99. The Hall–Kier alpha value is -1.10. The van der Waals surface area contributed by atoms with E-state index in [9.17, 15) is 0 Å². The highest BCUT2D eigenvalue weighted by Crippen LogP contribution is 2.31. The van der Waals surface area contributed by atoms with Crippen molar-refractivity contribution < 1.29 is 4.74 Å². The molecule has 3 nitrogen and oxygen atoms in total. The van der Waals surface area contributed by atoms with Crippen LogP contribution in [0.1, 0.15) is 5.69 Å². The van der Waals surface area contributed by atoms with Crippen molar-refractivity contribution in [2.75, 3.05) is 14.2 Å². The van der Waals surface area contributed by atoms with Gasteiger partial charge in [-0.15, -0.1) is 11.3 Å². The summed E-state index contributed by atoms with van der Waals surface area (Å²) in [4.78, 5) is 4.52. The second-order valence-corrected chi connectivity index (χ2v) is 4.79. The molecular formula is C12H13ClN2OS. The number of benzene rings is 1. The number of aromatic nitrogens is 1. The van der Waals surface area contributed by atoms with Gasteiger partial charge in [-0.3, -0.25) is 0 Å². The molecule has 1 N–H and O–H groups in total. The van der Waals surface area contributed by atoms with Gasteiger partial charge >= 0.3 is 0 Å². The average Bonchev–Trinajstić information content (AvgIpc) is 2.78. The Labute approximate surface area is 109 Å². The number of hydrogen-bond donors (Lipinski definition) is 1. The number of ether oxygens (including phenoxy) is 1. The monoisotopic (exact) mass is 268 g/mol. The third-order valence-electron chi connectivity index (χ3n) is 2.31. The van der Waals surface area contributed by atoms with Crippen LogP contribution in [0.2, 0.25) is 5.02 Å². The van der Waals surface area contributed by atoms with E-state index in [0.29, 0.717) is 10.8 Å². The molecule has 0 amide bonds. The van der Waals surface area contributed by atoms with Gasteiger partial charge in [-0.2, -0.15) is 0 Å². The van der Waals surface area contributed by atoms with E-state index in [0.717, 1.165) is 22.8 Å². The van der Waals surface area contributed by atoms with Crippen LogP contribution in [0.15, 0.2) is 23.6 Å². The molecule has 0 unspecified atom stereocenters. The topological polar surface area (TPSA) is 34.1 Å². The van der Waals surface area contributed by atoms with Crippen LogP contribution in [0.4, 0.5) is 0 Å². The fraction of sp³-hybridized carbons (Fsp3) is 0.250. The van der Waals surface area contributed by atoms with Crippen LogP contribution in [-0.4, -0.2) is 19.1 Å². The molecular weight excluding hydrogens is 256 g/mol. The van der Waals surface area contributed by atoms with Crippen molar-refractivity contribution in [2.45, 2.75) is 6.54 Å². The van der Waals surface area contributed by atoms with Crippen LogP contribution >= 0.6 is 22.9 Å². The van der Waals surface area contributed by atoms with Gasteiger partial charge < -0.3 is 10.1 Å². The van der Waals surface area contributed by atoms with E-state index in [4.69, 9.17) is 16.3 Å². The lowest BCUT2D eigenvalue weighted by Crippen LogP contribution is -2.04. The van der Waals surface area contributed by atoms with Crippen LogP contribution < -0.4 is 10.1 Å². The van der Waals surface area contributed by atoms with Gasteiger partial charge in [-0.25, -0.2) is 4.98 Å². The molecule has 1 aromatic carbocycles. The standard InChI is InChI=1S/C12H13ClN2OS/c1-14-6-9-7-17-12(15-9)8-3-4-11(16-2)10(13)5-8/h3-5,7,14H,6H2,1-2H3. The van der Waals surface area contributed by atoms with Crippen LogP contribution in [0, 0.1) is 0 Å². The summed E-state index contributed by atoms with van der Waals surface area (Å²) in [5, 5.41) is 6.70. The fourth-order valence-electron chi connectivity index (χ4n) is 1.50. The first-order valence-electron chi connectivity index (χ1n) is 5.17. The largest absolute Gasteiger partial charge is 0.495 e. The van der Waals surface area contributed by atoms with Crippen LogP contribution in [-0.2, 0) is 6.54 Å². The van der Waals surface area contributed by atoms with E-state index >= 15 is 0 Å². The number of thiazole rings is 1. The van der Waals surface area contributed by atoms with Crippen molar-refractivity contribution in [1.82, 2.24) is 10.3 Å². The van der Waals surface area contributed by atoms with Crippen molar-refractivity contribution in [3.8, 4) is 16.3 Å². The molecule has 0 aliphatic carbocycles. The third-order valence-corrected chi connectivity index (χ3v) is 3.54. The van der Waals surface area contributed by atoms with Crippen molar-refractivity contribution in [2.24, 2.45) is 0 Å². The van der Waals surface area contributed by atoms with Crippen molar-refractivity contribution in [1.29, 1.82) is 0 Å². The maximum Gasteiger partial charge on any atom is 0.137 e. The average molecular weight is 269 g/mol. The lowest BCUT2D eigenvalue weighted by Gasteiger charge is -2.03. The Morgan fingerprint density at radius 2 is 2.29 bits per heavy atom. The van der Waals surface area contributed by atoms with Crippen LogP contribution in [0.25, 0.3) is 10.6 Å². The minimum Gasteiger partial charge on any atom is -0.495 e. The number of rotatable bonds is 4. The minimum atomic E-state index is 0.607. The molecule has 1 aromatic heterocycles. The van der Waals surface area contributed by atoms with Gasteiger partial charge in [0.1, 0.15) is 10.8 Å². The van der Waals surface area contributed by atoms with E-state index < -0.39 is 0 Å². The molecule has 0 bridgehead atoms. The first kappa shape index (κ1) is 12.4. The summed E-state index contributed by atoms with van der Waals surface area (Å²) < 4.78 is 5.12. The molecule has 2 aromatic rings. The van der Waals surface area contributed by atoms with E-state index in [1.807, 2.05) is 30.6 Å². The van der Waals surface area contributed by atoms with Crippen molar-refractivity contribution in [3.63, 3.8) is 0 Å². The normalized spacial score (nSPS) is 10.5. The minimum absolute atomic E-state index is 0.607. The zero-order valence-corrected chi connectivity index (χ0v) is 11.2. The van der Waals surface area contributed by atoms with Crippen LogP contribution in [0.3, 0.4) is 0 Å². The third kappa shape index (κ3) is 2.77. The SMILES string of the molecule is CNCc1csc(-c2ccc(OC)c(Cl)c2)n1. The molecule has 90 valence electrons. The van der Waals surface area contributed by atoms with Gasteiger partial charge in [0.2, 0.25) is 0 Å². The van der Waals surface area contributed by atoms with E-state index in [1.54, 1.807) is 18.4 Å². The van der Waals surface area contributed by atoms with Gasteiger partial charge in [0.25, 0.3) is 0 Å². The maximum atomic E-state index is 6.09. The highest BCUT2D eigenvalue weighted by atomic mass is 35.5. The number of halogens is 1. The summed E-state index contributed by atoms with van der Waals surface area (Å²) in [5.41, 5.74) is 2.06. The molecule has 0 saturated carbocycles. The van der Waals surface area contributed by atoms with E-state index in [-0.39, 0.29) is 0 Å². The summed E-state index contributed by atoms with van der Waals surface area (Å²) in [6.45, 7) is 0.778. The second kappa shape index (κ2) is 5.49. The molecule has 0 fully saturated rings. The molecule has 1 heterocycles.